The second-order valence-electron chi connectivity index (χ2n) is 4.96. The topological polar surface area (TPSA) is 64.4 Å². The molecule has 0 bridgehead atoms. The molecule has 0 unspecified atom stereocenters. The van der Waals surface area contributed by atoms with Crippen molar-refractivity contribution < 1.29 is 14.6 Å². The first kappa shape index (κ1) is 13.1. The van der Waals surface area contributed by atoms with Gasteiger partial charge in [-0.3, -0.25) is 9.48 Å². The summed E-state index contributed by atoms with van der Waals surface area (Å²) in [5.74, 6) is 0.168. The fourth-order valence-corrected chi connectivity index (χ4v) is 2.59. The third-order valence-electron chi connectivity index (χ3n) is 3.69. The van der Waals surface area contributed by atoms with Crippen LogP contribution in [-0.2, 0) is 7.05 Å². The number of methoxy groups -OCH3 is 1. The Morgan fingerprint density at radius 1 is 1.39 bits per heavy atom. The number of carbonyl (C=O) groups excluding carboxylic acids is 1. The summed E-state index contributed by atoms with van der Waals surface area (Å²) < 4.78 is 6.62. The first-order valence-electron chi connectivity index (χ1n) is 6.41. The number of aryl methyl sites for hydroxylation is 1. The van der Waals surface area contributed by atoms with E-state index >= 15 is 0 Å². The van der Waals surface area contributed by atoms with Gasteiger partial charge in [0.05, 0.1) is 13.3 Å². The van der Waals surface area contributed by atoms with Crippen LogP contribution in [0.1, 0.15) is 49.0 Å². The lowest BCUT2D eigenvalue weighted by Crippen LogP contribution is -2.39. The maximum atomic E-state index is 12.5. The lowest BCUT2D eigenvalue weighted by Gasteiger charge is -2.25. The molecule has 1 fully saturated rings. The number of rotatable bonds is 3. The quantitative estimate of drug-likeness (QED) is 0.657. The summed E-state index contributed by atoms with van der Waals surface area (Å²) in [6, 6.07) is 0. The average molecular weight is 252 g/mol. The van der Waals surface area contributed by atoms with Gasteiger partial charge in [-0.1, -0.05) is 25.7 Å². The third kappa shape index (κ3) is 2.27. The van der Waals surface area contributed by atoms with Crippen molar-refractivity contribution in [2.24, 2.45) is 7.05 Å². The minimum atomic E-state index is -1.25. The van der Waals surface area contributed by atoms with Gasteiger partial charge in [0.15, 0.2) is 5.75 Å². The lowest BCUT2D eigenvalue weighted by atomic mass is 9.88. The van der Waals surface area contributed by atoms with Crippen molar-refractivity contribution in [1.82, 2.24) is 9.78 Å². The van der Waals surface area contributed by atoms with Crippen LogP contribution in [0.3, 0.4) is 0 Å². The number of ether oxygens (including phenoxy) is 1. The Kier molecular flexibility index (Phi) is 3.71. The Balaban J connectivity index is 2.31. The van der Waals surface area contributed by atoms with Gasteiger partial charge < -0.3 is 9.84 Å². The standard InChI is InChI=1S/C13H20N2O3/c1-15-11(10(18-2)9-14-15)12(16)13(17)7-5-3-4-6-8-13/h9,17H,3-8H2,1-2H3. The van der Waals surface area contributed by atoms with Crippen LogP contribution in [0.25, 0.3) is 0 Å². The van der Waals surface area contributed by atoms with Crippen molar-refractivity contribution in [3.05, 3.63) is 11.9 Å². The normalized spacial score (nSPS) is 19.3. The predicted molar refractivity (Wildman–Crippen MR) is 66.7 cm³/mol. The number of aromatic nitrogens is 2. The van der Waals surface area contributed by atoms with Gasteiger partial charge in [-0.05, 0) is 12.8 Å². The summed E-state index contributed by atoms with van der Waals surface area (Å²) in [4.78, 5) is 12.5. The Hall–Kier alpha value is -1.36. The molecule has 0 spiro atoms. The molecule has 0 radical (unpaired) electrons. The fraction of sp³-hybridized carbons (Fsp3) is 0.692. The Morgan fingerprint density at radius 3 is 2.56 bits per heavy atom. The number of carbonyl (C=O) groups is 1. The molecular formula is C13H20N2O3. The van der Waals surface area contributed by atoms with Crippen LogP contribution >= 0.6 is 0 Å². The zero-order valence-corrected chi connectivity index (χ0v) is 11.0. The summed E-state index contributed by atoms with van der Waals surface area (Å²) in [5.41, 5.74) is -0.890. The molecule has 1 aromatic rings. The summed E-state index contributed by atoms with van der Waals surface area (Å²) >= 11 is 0. The fourth-order valence-electron chi connectivity index (χ4n) is 2.59. The summed E-state index contributed by atoms with van der Waals surface area (Å²) in [7, 11) is 3.20. The molecule has 5 heteroatoms. The molecule has 0 aromatic carbocycles. The molecule has 0 amide bonds. The first-order chi connectivity index (χ1) is 8.58. The molecule has 2 rings (SSSR count). The highest BCUT2D eigenvalue weighted by molar-refractivity contribution is 6.03. The van der Waals surface area contributed by atoms with E-state index in [2.05, 4.69) is 5.10 Å². The van der Waals surface area contributed by atoms with Gasteiger partial charge in [0.25, 0.3) is 0 Å². The van der Waals surface area contributed by atoms with Crippen LogP contribution in [0.5, 0.6) is 5.75 Å². The van der Waals surface area contributed by atoms with Crippen molar-refractivity contribution in [1.29, 1.82) is 0 Å². The molecule has 0 atom stereocenters. The molecule has 1 aliphatic rings. The SMILES string of the molecule is COc1cnn(C)c1C(=O)C1(O)CCCCCC1. The van der Waals surface area contributed by atoms with Crippen LogP contribution < -0.4 is 4.74 Å². The molecule has 1 aliphatic carbocycles. The number of hydrogen-bond donors (Lipinski definition) is 1. The number of nitrogens with zero attached hydrogens (tertiary/aromatic N) is 2. The molecule has 0 aliphatic heterocycles. The van der Waals surface area contributed by atoms with Gasteiger partial charge in [-0.15, -0.1) is 0 Å². The number of hydrogen-bond acceptors (Lipinski definition) is 4. The molecule has 1 heterocycles. The van der Waals surface area contributed by atoms with E-state index in [0.717, 1.165) is 25.7 Å². The minimum absolute atomic E-state index is 0.263. The second-order valence-corrected chi connectivity index (χ2v) is 4.96. The van der Waals surface area contributed by atoms with Crippen molar-refractivity contribution >= 4 is 5.78 Å². The van der Waals surface area contributed by atoms with E-state index in [0.29, 0.717) is 24.3 Å². The van der Waals surface area contributed by atoms with E-state index in [1.165, 1.54) is 18.0 Å². The number of aliphatic hydroxyl groups is 1. The van der Waals surface area contributed by atoms with Gasteiger partial charge in [0.1, 0.15) is 11.3 Å². The average Bonchev–Trinajstić information content (AvgIpc) is 2.57. The van der Waals surface area contributed by atoms with Gasteiger partial charge in [-0.2, -0.15) is 5.10 Å². The molecule has 5 nitrogen and oxygen atoms in total. The van der Waals surface area contributed by atoms with Crippen molar-refractivity contribution in [3.8, 4) is 5.75 Å². The molecule has 1 saturated carbocycles. The zero-order chi connectivity index (χ0) is 13.2. The summed E-state index contributed by atoms with van der Waals surface area (Å²) in [6.45, 7) is 0. The highest BCUT2D eigenvalue weighted by Crippen LogP contribution is 2.32. The number of ketones is 1. The largest absolute Gasteiger partial charge is 0.493 e. The van der Waals surface area contributed by atoms with Crippen LogP contribution in [-0.4, -0.2) is 33.4 Å². The van der Waals surface area contributed by atoms with E-state index in [-0.39, 0.29) is 5.78 Å². The van der Waals surface area contributed by atoms with Crippen molar-refractivity contribution in [2.75, 3.05) is 7.11 Å². The van der Waals surface area contributed by atoms with Crippen LogP contribution in [0.2, 0.25) is 0 Å². The third-order valence-corrected chi connectivity index (χ3v) is 3.69. The highest BCUT2D eigenvalue weighted by atomic mass is 16.5. The van der Waals surface area contributed by atoms with E-state index < -0.39 is 5.60 Å². The van der Waals surface area contributed by atoms with E-state index in [9.17, 15) is 9.90 Å². The monoisotopic (exact) mass is 252 g/mol. The zero-order valence-electron chi connectivity index (χ0n) is 11.0. The molecule has 18 heavy (non-hydrogen) atoms. The van der Waals surface area contributed by atoms with Gasteiger partial charge >= 0.3 is 0 Å². The highest BCUT2D eigenvalue weighted by Gasteiger charge is 2.39. The van der Waals surface area contributed by atoms with Gasteiger partial charge in [-0.25, -0.2) is 0 Å². The molecule has 1 N–H and O–H groups in total. The Labute approximate surface area is 107 Å². The summed E-state index contributed by atoms with van der Waals surface area (Å²) in [5, 5.41) is 14.6. The van der Waals surface area contributed by atoms with E-state index in [4.69, 9.17) is 4.74 Å². The first-order valence-corrected chi connectivity index (χ1v) is 6.41. The Morgan fingerprint density at radius 2 is 2.00 bits per heavy atom. The minimum Gasteiger partial charge on any atom is -0.493 e. The van der Waals surface area contributed by atoms with Crippen molar-refractivity contribution in [2.45, 2.75) is 44.1 Å². The maximum Gasteiger partial charge on any atom is 0.216 e. The van der Waals surface area contributed by atoms with E-state index in [1.54, 1.807) is 7.05 Å². The molecule has 1 aromatic heterocycles. The molecule has 100 valence electrons. The maximum absolute atomic E-state index is 12.5. The lowest BCUT2D eigenvalue weighted by molar-refractivity contribution is 0.0226. The van der Waals surface area contributed by atoms with Crippen molar-refractivity contribution in [3.63, 3.8) is 0 Å². The van der Waals surface area contributed by atoms with Gasteiger partial charge in [0.2, 0.25) is 5.78 Å². The van der Waals surface area contributed by atoms with Crippen LogP contribution in [0.4, 0.5) is 0 Å². The van der Waals surface area contributed by atoms with E-state index in [1.807, 2.05) is 0 Å². The number of Topliss-reactive ketones (excluding diaryl/α,β-unsaturated/α-hetero) is 1. The summed E-state index contributed by atoms with van der Waals surface area (Å²) in [6.07, 6.45) is 6.51. The van der Waals surface area contributed by atoms with Crippen LogP contribution in [0.15, 0.2) is 6.20 Å². The van der Waals surface area contributed by atoms with Crippen LogP contribution in [0, 0.1) is 0 Å². The predicted octanol–water partition coefficient (Wildman–Crippen LogP) is 1.70. The molecular weight excluding hydrogens is 232 g/mol. The smallest absolute Gasteiger partial charge is 0.216 e. The Bertz CT molecular complexity index is 431. The van der Waals surface area contributed by atoms with Gasteiger partial charge in [0, 0.05) is 7.05 Å². The second kappa shape index (κ2) is 5.10. The molecule has 0 saturated heterocycles.